The minimum Gasteiger partial charge on any atom is -0.481 e. The zero-order valence-electron chi connectivity index (χ0n) is 10.3. The average Bonchev–Trinajstić information content (AvgIpc) is 2.25. The lowest BCUT2D eigenvalue weighted by Gasteiger charge is -2.21. The van der Waals surface area contributed by atoms with Crippen molar-refractivity contribution in [2.75, 3.05) is 11.9 Å². The van der Waals surface area contributed by atoms with Crippen LogP contribution in [0, 0.1) is 0 Å². The second kappa shape index (κ2) is 6.53. The Morgan fingerprint density at radius 3 is 2.68 bits per heavy atom. The van der Waals surface area contributed by atoms with E-state index in [0.29, 0.717) is 5.69 Å². The van der Waals surface area contributed by atoms with E-state index in [1.807, 2.05) is 6.07 Å². The summed E-state index contributed by atoms with van der Waals surface area (Å²) in [7, 11) is 0. The van der Waals surface area contributed by atoms with Crippen LogP contribution in [-0.4, -0.2) is 34.4 Å². The minimum absolute atomic E-state index is 0.154. The molecule has 0 radical (unpaired) electrons. The zero-order valence-corrected chi connectivity index (χ0v) is 11.9. The van der Waals surface area contributed by atoms with Gasteiger partial charge in [-0.05, 0) is 25.1 Å². The fraction of sp³-hybridized carbons (Fsp3) is 0.333. The van der Waals surface area contributed by atoms with E-state index in [0.717, 1.165) is 4.47 Å². The Labute approximate surface area is 118 Å². The van der Waals surface area contributed by atoms with E-state index in [-0.39, 0.29) is 6.54 Å². The number of aliphatic hydroxyl groups is 1. The van der Waals surface area contributed by atoms with Gasteiger partial charge in [0.1, 0.15) is 0 Å². The molecule has 1 atom stereocenters. The van der Waals surface area contributed by atoms with Gasteiger partial charge in [0.25, 0.3) is 0 Å². The van der Waals surface area contributed by atoms with Crippen LogP contribution in [0.15, 0.2) is 28.7 Å². The fourth-order valence-electron chi connectivity index (χ4n) is 1.40. The van der Waals surface area contributed by atoms with Gasteiger partial charge in [-0.25, -0.2) is 4.79 Å². The SMILES string of the molecule is CC(O)(CNC(=O)Nc1cccc(Br)c1)CC(=O)O. The molecule has 1 aromatic carbocycles. The van der Waals surface area contributed by atoms with E-state index in [4.69, 9.17) is 5.11 Å². The van der Waals surface area contributed by atoms with E-state index in [9.17, 15) is 14.7 Å². The topological polar surface area (TPSA) is 98.7 Å². The van der Waals surface area contributed by atoms with Gasteiger partial charge in [0.2, 0.25) is 0 Å². The zero-order chi connectivity index (χ0) is 14.5. The molecule has 2 amide bonds. The van der Waals surface area contributed by atoms with E-state index < -0.39 is 24.0 Å². The van der Waals surface area contributed by atoms with Crippen molar-refractivity contribution < 1.29 is 19.8 Å². The van der Waals surface area contributed by atoms with Crippen molar-refractivity contribution in [1.82, 2.24) is 5.32 Å². The molecule has 0 aliphatic rings. The largest absolute Gasteiger partial charge is 0.481 e. The van der Waals surface area contributed by atoms with Gasteiger partial charge >= 0.3 is 12.0 Å². The second-order valence-corrected chi connectivity index (χ2v) is 5.30. The number of halogens is 1. The Hall–Kier alpha value is -1.60. The smallest absolute Gasteiger partial charge is 0.319 e. The van der Waals surface area contributed by atoms with Gasteiger partial charge in [-0.15, -0.1) is 0 Å². The third-order valence-corrected chi connectivity index (χ3v) is 2.74. The Morgan fingerprint density at radius 1 is 1.42 bits per heavy atom. The fourth-order valence-corrected chi connectivity index (χ4v) is 1.80. The molecule has 1 aromatic rings. The van der Waals surface area contributed by atoms with Crippen molar-refractivity contribution in [3.63, 3.8) is 0 Å². The maximum atomic E-state index is 11.6. The van der Waals surface area contributed by atoms with Crippen LogP contribution in [0.4, 0.5) is 10.5 Å². The number of nitrogens with one attached hydrogen (secondary N) is 2. The quantitative estimate of drug-likeness (QED) is 0.661. The van der Waals surface area contributed by atoms with Crippen molar-refractivity contribution in [1.29, 1.82) is 0 Å². The van der Waals surface area contributed by atoms with Crippen molar-refractivity contribution >= 4 is 33.6 Å². The third-order valence-electron chi connectivity index (χ3n) is 2.24. The molecule has 4 N–H and O–H groups in total. The summed E-state index contributed by atoms with van der Waals surface area (Å²) in [6.45, 7) is 1.19. The first kappa shape index (κ1) is 15.5. The number of hydrogen-bond acceptors (Lipinski definition) is 3. The van der Waals surface area contributed by atoms with Gasteiger partial charge < -0.3 is 20.8 Å². The highest BCUT2D eigenvalue weighted by Crippen LogP contribution is 2.15. The third kappa shape index (κ3) is 6.21. The number of amides is 2. The highest BCUT2D eigenvalue weighted by molar-refractivity contribution is 9.10. The van der Waals surface area contributed by atoms with E-state index in [2.05, 4.69) is 26.6 Å². The lowest BCUT2D eigenvalue weighted by atomic mass is 10.0. The Balaban J connectivity index is 2.46. The van der Waals surface area contributed by atoms with Crippen molar-refractivity contribution in [3.05, 3.63) is 28.7 Å². The number of hydrogen-bond donors (Lipinski definition) is 4. The molecule has 0 aliphatic carbocycles. The lowest BCUT2D eigenvalue weighted by molar-refractivity contribution is -0.141. The number of anilines is 1. The highest BCUT2D eigenvalue weighted by Gasteiger charge is 2.24. The summed E-state index contributed by atoms with van der Waals surface area (Å²) in [5.41, 5.74) is -0.898. The van der Waals surface area contributed by atoms with Crippen LogP contribution < -0.4 is 10.6 Å². The summed E-state index contributed by atoms with van der Waals surface area (Å²) in [5, 5.41) is 23.3. The van der Waals surface area contributed by atoms with Crippen LogP contribution in [0.2, 0.25) is 0 Å². The molecule has 0 aromatic heterocycles. The summed E-state index contributed by atoms with van der Waals surface area (Å²) < 4.78 is 0.822. The molecule has 1 rings (SSSR count). The first-order chi connectivity index (χ1) is 8.78. The second-order valence-electron chi connectivity index (χ2n) is 4.39. The van der Waals surface area contributed by atoms with Gasteiger partial charge in [-0.1, -0.05) is 22.0 Å². The maximum absolute atomic E-state index is 11.6. The summed E-state index contributed by atoms with van der Waals surface area (Å²) in [6, 6.07) is 6.50. The molecule has 7 heteroatoms. The van der Waals surface area contributed by atoms with Crippen LogP contribution in [0.25, 0.3) is 0 Å². The van der Waals surface area contributed by atoms with Crippen LogP contribution in [-0.2, 0) is 4.79 Å². The van der Waals surface area contributed by atoms with Crippen LogP contribution in [0.3, 0.4) is 0 Å². The summed E-state index contributed by atoms with van der Waals surface area (Å²) in [6.07, 6.45) is -0.440. The molecule has 0 bridgehead atoms. The number of benzene rings is 1. The molecule has 6 nitrogen and oxygen atoms in total. The maximum Gasteiger partial charge on any atom is 0.319 e. The first-order valence-corrected chi connectivity index (χ1v) is 6.32. The predicted octanol–water partition coefficient (Wildman–Crippen LogP) is 1.80. The van der Waals surface area contributed by atoms with Gasteiger partial charge in [0.05, 0.1) is 12.0 Å². The monoisotopic (exact) mass is 330 g/mol. The standard InChI is InChI=1S/C12H15BrN2O4/c1-12(19,6-10(16)17)7-14-11(18)15-9-4-2-3-8(13)5-9/h2-5,19H,6-7H2,1H3,(H,16,17)(H2,14,15,18). The molecular formula is C12H15BrN2O4. The van der Waals surface area contributed by atoms with Gasteiger partial charge in [0, 0.05) is 16.7 Å². The van der Waals surface area contributed by atoms with Crippen molar-refractivity contribution in [2.24, 2.45) is 0 Å². The number of rotatable bonds is 5. The van der Waals surface area contributed by atoms with E-state index in [1.54, 1.807) is 18.2 Å². The van der Waals surface area contributed by atoms with Crippen LogP contribution >= 0.6 is 15.9 Å². The molecule has 104 valence electrons. The molecule has 19 heavy (non-hydrogen) atoms. The number of aliphatic carboxylic acids is 1. The average molecular weight is 331 g/mol. The molecule has 0 fully saturated rings. The molecular weight excluding hydrogens is 316 g/mol. The molecule has 0 spiro atoms. The Morgan fingerprint density at radius 2 is 2.11 bits per heavy atom. The summed E-state index contributed by atoms with van der Waals surface area (Å²) in [4.78, 5) is 22.1. The number of urea groups is 1. The van der Waals surface area contributed by atoms with Gasteiger partial charge in [-0.3, -0.25) is 4.79 Å². The summed E-state index contributed by atoms with van der Waals surface area (Å²) in [5.74, 6) is -1.13. The summed E-state index contributed by atoms with van der Waals surface area (Å²) >= 11 is 3.27. The van der Waals surface area contributed by atoms with E-state index in [1.165, 1.54) is 6.92 Å². The first-order valence-electron chi connectivity index (χ1n) is 5.53. The molecule has 0 aliphatic heterocycles. The highest BCUT2D eigenvalue weighted by atomic mass is 79.9. The number of carbonyl (C=O) groups excluding carboxylic acids is 1. The minimum atomic E-state index is -1.49. The number of carbonyl (C=O) groups is 2. The lowest BCUT2D eigenvalue weighted by Crippen LogP contribution is -2.43. The van der Waals surface area contributed by atoms with Crippen LogP contribution in [0.5, 0.6) is 0 Å². The Kier molecular flexibility index (Phi) is 5.31. The predicted molar refractivity (Wildman–Crippen MR) is 74.0 cm³/mol. The molecule has 0 saturated carbocycles. The normalized spacial score (nSPS) is 13.4. The number of carboxylic acids is 1. The Bertz CT molecular complexity index is 477. The molecule has 0 heterocycles. The van der Waals surface area contributed by atoms with Crippen LogP contribution in [0.1, 0.15) is 13.3 Å². The van der Waals surface area contributed by atoms with Crippen molar-refractivity contribution in [3.8, 4) is 0 Å². The molecule has 1 unspecified atom stereocenters. The molecule has 0 saturated heterocycles. The number of carboxylic acid groups (broad SMARTS) is 1. The van der Waals surface area contributed by atoms with E-state index >= 15 is 0 Å². The van der Waals surface area contributed by atoms with Gasteiger partial charge in [0.15, 0.2) is 0 Å². The van der Waals surface area contributed by atoms with Gasteiger partial charge in [-0.2, -0.15) is 0 Å². The van der Waals surface area contributed by atoms with Crippen molar-refractivity contribution in [2.45, 2.75) is 18.9 Å².